The maximum absolute atomic E-state index is 10.5. The molecule has 1 heterocycles. The standard InChI is InChI=1S/C16H22N2O2.C4H4O4/c1-16(2,11-18(3)4)15(19)14-10-13(17-20-14)12-8-6-5-7-9-12;5-3(6)1-2-4(7)8/h5-10,15,19H,11H2,1-4H3;1-2H,(H,5,6)(H,7,8)/b;2-1-. The number of aromatic nitrogens is 1. The first-order chi connectivity index (χ1) is 13.0. The van der Waals surface area contributed by atoms with E-state index in [0.29, 0.717) is 17.9 Å². The fourth-order valence-corrected chi connectivity index (χ4v) is 2.59. The minimum atomic E-state index is -1.26. The number of benzene rings is 1. The molecule has 8 nitrogen and oxygen atoms in total. The Kier molecular flexibility index (Phi) is 8.56. The zero-order valence-corrected chi connectivity index (χ0v) is 16.4. The van der Waals surface area contributed by atoms with Gasteiger partial charge in [-0.3, -0.25) is 0 Å². The Bertz CT molecular complexity index is 780. The predicted molar refractivity (Wildman–Crippen MR) is 104 cm³/mol. The van der Waals surface area contributed by atoms with Crippen LogP contribution in [0.4, 0.5) is 0 Å². The molecule has 0 spiro atoms. The van der Waals surface area contributed by atoms with Gasteiger partial charge >= 0.3 is 11.9 Å². The lowest BCUT2D eigenvalue weighted by atomic mass is 9.84. The Hall–Kier alpha value is -2.97. The van der Waals surface area contributed by atoms with Crippen molar-refractivity contribution in [2.45, 2.75) is 20.0 Å². The number of aliphatic carboxylic acids is 2. The molecular weight excluding hydrogens is 364 g/mol. The summed E-state index contributed by atoms with van der Waals surface area (Å²) in [5.41, 5.74) is 1.43. The summed E-state index contributed by atoms with van der Waals surface area (Å²) in [6, 6.07) is 11.6. The van der Waals surface area contributed by atoms with Crippen LogP contribution in [-0.4, -0.2) is 58.0 Å². The quantitative estimate of drug-likeness (QED) is 0.617. The van der Waals surface area contributed by atoms with E-state index in [1.165, 1.54) is 0 Å². The van der Waals surface area contributed by atoms with Crippen molar-refractivity contribution < 1.29 is 29.4 Å². The number of rotatable bonds is 7. The van der Waals surface area contributed by atoms with Crippen LogP contribution in [0, 0.1) is 5.41 Å². The fourth-order valence-electron chi connectivity index (χ4n) is 2.59. The normalized spacial score (nSPS) is 12.5. The minimum absolute atomic E-state index is 0.309. The van der Waals surface area contributed by atoms with Crippen LogP contribution in [-0.2, 0) is 9.59 Å². The van der Waals surface area contributed by atoms with E-state index < -0.39 is 18.0 Å². The number of carboxylic acid groups (broad SMARTS) is 2. The lowest BCUT2D eigenvalue weighted by molar-refractivity contribution is -0.134. The summed E-state index contributed by atoms with van der Waals surface area (Å²) < 4.78 is 5.33. The minimum Gasteiger partial charge on any atom is -0.478 e. The second-order valence-corrected chi connectivity index (χ2v) is 7.12. The van der Waals surface area contributed by atoms with Crippen molar-refractivity contribution in [3.8, 4) is 11.3 Å². The van der Waals surface area contributed by atoms with E-state index in [0.717, 1.165) is 17.8 Å². The number of aliphatic hydroxyl groups excluding tert-OH is 1. The average molecular weight is 390 g/mol. The average Bonchev–Trinajstić information content (AvgIpc) is 3.09. The van der Waals surface area contributed by atoms with E-state index in [1.54, 1.807) is 0 Å². The molecule has 152 valence electrons. The molecule has 0 fully saturated rings. The molecule has 0 bridgehead atoms. The summed E-state index contributed by atoms with van der Waals surface area (Å²) in [5, 5.41) is 30.2. The van der Waals surface area contributed by atoms with Gasteiger partial charge in [0.25, 0.3) is 0 Å². The Morgan fingerprint density at radius 2 is 1.68 bits per heavy atom. The zero-order valence-electron chi connectivity index (χ0n) is 16.4. The summed E-state index contributed by atoms with van der Waals surface area (Å²) in [4.78, 5) is 21.2. The highest BCUT2D eigenvalue weighted by atomic mass is 16.5. The van der Waals surface area contributed by atoms with Gasteiger partial charge in [-0.1, -0.05) is 49.3 Å². The van der Waals surface area contributed by atoms with Gasteiger partial charge in [0.1, 0.15) is 11.8 Å². The summed E-state index contributed by atoms with van der Waals surface area (Å²) in [6.45, 7) is 4.79. The molecule has 0 amide bonds. The molecule has 28 heavy (non-hydrogen) atoms. The molecule has 0 saturated carbocycles. The molecule has 0 saturated heterocycles. The summed E-state index contributed by atoms with van der Waals surface area (Å²) >= 11 is 0. The molecule has 3 N–H and O–H groups in total. The Morgan fingerprint density at radius 1 is 1.14 bits per heavy atom. The molecule has 0 aliphatic heterocycles. The maximum atomic E-state index is 10.5. The highest BCUT2D eigenvalue weighted by Gasteiger charge is 2.32. The van der Waals surface area contributed by atoms with Crippen molar-refractivity contribution in [2.24, 2.45) is 5.41 Å². The number of nitrogens with zero attached hydrogens (tertiary/aromatic N) is 2. The Labute approximate surface area is 163 Å². The van der Waals surface area contributed by atoms with Crippen LogP contribution < -0.4 is 0 Å². The Balaban J connectivity index is 0.000000416. The summed E-state index contributed by atoms with van der Waals surface area (Å²) in [6.07, 6.45) is 0.430. The second-order valence-electron chi connectivity index (χ2n) is 7.12. The molecule has 0 aliphatic carbocycles. The van der Waals surface area contributed by atoms with Gasteiger partial charge in [-0.15, -0.1) is 0 Å². The van der Waals surface area contributed by atoms with Gasteiger partial charge in [0.2, 0.25) is 0 Å². The predicted octanol–water partition coefficient (Wildman–Crippen LogP) is 2.67. The number of carboxylic acids is 2. The third-order valence-electron chi connectivity index (χ3n) is 3.70. The van der Waals surface area contributed by atoms with Gasteiger partial charge in [-0.2, -0.15) is 0 Å². The van der Waals surface area contributed by atoms with Crippen molar-refractivity contribution in [1.29, 1.82) is 0 Å². The van der Waals surface area contributed by atoms with E-state index >= 15 is 0 Å². The summed E-state index contributed by atoms with van der Waals surface area (Å²) in [7, 11) is 3.98. The molecule has 1 unspecified atom stereocenters. The van der Waals surface area contributed by atoms with Crippen molar-refractivity contribution in [2.75, 3.05) is 20.6 Å². The van der Waals surface area contributed by atoms with Gasteiger partial charge in [0.15, 0.2) is 5.76 Å². The first-order valence-corrected chi connectivity index (χ1v) is 8.51. The molecule has 1 aromatic heterocycles. The van der Waals surface area contributed by atoms with Crippen LogP contribution in [0.2, 0.25) is 0 Å². The van der Waals surface area contributed by atoms with Crippen molar-refractivity contribution >= 4 is 11.9 Å². The van der Waals surface area contributed by atoms with Crippen LogP contribution in [0.5, 0.6) is 0 Å². The van der Waals surface area contributed by atoms with Crippen LogP contribution in [0.1, 0.15) is 25.7 Å². The largest absolute Gasteiger partial charge is 0.478 e. The number of carbonyl (C=O) groups is 2. The smallest absolute Gasteiger partial charge is 0.328 e. The molecular formula is C20H26N2O6. The summed E-state index contributed by atoms with van der Waals surface area (Å²) in [5.74, 6) is -2.00. The van der Waals surface area contributed by atoms with E-state index in [1.807, 2.05) is 64.3 Å². The van der Waals surface area contributed by atoms with E-state index in [4.69, 9.17) is 14.7 Å². The van der Waals surface area contributed by atoms with Gasteiger partial charge < -0.3 is 24.7 Å². The molecule has 0 radical (unpaired) electrons. The van der Waals surface area contributed by atoms with Crippen LogP contribution in [0.25, 0.3) is 11.3 Å². The van der Waals surface area contributed by atoms with Crippen molar-refractivity contribution in [3.63, 3.8) is 0 Å². The van der Waals surface area contributed by atoms with Crippen molar-refractivity contribution in [1.82, 2.24) is 10.1 Å². The molecule has 1 aromatic carbocycles. The Morgan fingerprint density at radius 3 is 2.14 bits per heavy atom. The third kappa shape index (κ3) is 7.73. The lowest BCUT2D eigenvalue weighted by Gasteiger charge is -2.31. The van der Waals surface area contributed by atoms with Crippen LogP contribution in [0.15, 0.2) is 53.1 Å². The van der Waals surface area contributed by atoms with E-state index in [9.17, 15) is 14.7 Å². The monoisotopic (exact) mass is 390 g/mol. The second kappa shape index (κ2) is 10.4. The molecule has 0 aliphatic rings. The maximum Gasteiger partial charge on any atom is 0.328 e. The topological polar surface area (TPSA) is 124 Å². The molecule has 2 aromatic rings. The van der Waals surface area contributed by atoms with Gasteiger partial charge in [0.05, 0.1) is 0 Å². The van der Waals surface area contributed by atoms with E-state index in [-0.39, 0.29) is 5.41 Å². The molecule has 1 atom stereocenters. The highest BCUT2D eigenvalue weighted by Crippen LogP contribution is 2.35. The first kappa shape index (κ1) is 23.1. The number of hydrogen-bond acceptors (Lipinski definition) is 6. The zero-order chi connectivity index (χ0) is 21.3. The number of hydrogen-bond donors (Lipinski definition) is 3. The van der Waals surface area contributed by atoms with Gasteiger partial charge in [-0.25, -0.2) is 9.59 Å². The first-order valence-electron chi connectivity index (χ1n) is 8.51. The SMILES string of the molecule is CN(C)CC(C)(C)C(O)c1cc(-c2ccccc2)no1.O=C(O)/C=C\C(=O)O. The molecule has 2 rings (SSSR count). The highest BCUT2D eigenvalue weighted by molar-refractivity contribution is 5.89. The van der Waals surface area contributed by atoms with Gasteiger partial charge in [0, 0.05) is 35.7 Å². The lowest BCUT2D eigenvalue weighted by Crippen LogP contribution is -2.33. The third-order valence-corrected chi connectivity index (χ3v) is 3.70. The van der Waals surface area contributed by atoms with E-state index in [2.05, 4.69) is 10.1 Å². The van der Waals surface area contributed by atoms with Crippen molar-refractivity contribution in [3.05, 3.63) is 54.3 Å². The fraction of sp³-hybridized carbons (Fsp3) is 0.350. The molecule has 8 heteroatoms. The van der Waals surface area contributed by atoms with Gasteiger partial charge in [-0.05, 0) is 14.1 Å². The number of aliphatic hydroxyl groups is 1. The van der Waals surface area contributed by atoms with Crippen LogP contribution >= 0.6 is 0 Å². The van der Waals surface area contributed by atoms with Crippen LogP contribution in [0.3, 0.4) is 0 Å².